The molecule has 4 nitrogen and oxygen atoms in total. The molecule has 1 saturated heterocycles. The lowest BCUT2D eigenvalue weighted by atomic mass is 10.1. The average molecular weight is 264 g/mol. The minimum atomic E-state index is 0.550. The fraction of sp³-hybridized carbons (Fsp3) is 0.600. The van der Waals surface area contributed by atoms with Gasteiger partial charge >= 0.3 is 0 Å². The molecule has 0 radical (unpaired) electrons. The predicted octanol–water partition coefficient (Wildman–Crippen LogP) is 1.94. The molecule has 4 heteroatoms. The number of hydrogen-bond acceptors (Lipinski definition) is 4. The Balaban J connectivity index is 2.01. The Morgan fingerprint density at radius 1 is 1.42 bits per heavy atom. The monoisotopic (exact) mass is 264 g/mol. The number of para-hydroxylation sites is 1. The van der Waals surface area contributed by atoms with Crippen LogP contribution in [0.15, 0.2) is 18.2 Å². The number of benzene rings is 1. The zero-order valence-electron chi connectivity index (χ0n) is 11.9. The highest BCUT2D eigenvalue weighted by molar-refractivity contribution is 5.46. The Kier molecular flexibility index (Phi) is 5.48. The van der Waals surface area contributed by atoms with E-state index in [1.54, 1.807) is 7.11 Å². The topological polar surface area (TPSA) is 42.5 Å². The van der Waals surface area contributed by atoms with Gasteiger partial charge in [-0.05, 0) is 32.4 Å². The molecule has 106 valence electrons. The molecule has 1 aromatic carbocycles. The van der Waals surface area contributed by atoms with Gasteiger partial charge in [0.25, 0.3) is 0 Å². The van der Waals surface area contributed by atoms with Gasteiger partial charge < -0.3 is 20.1 Å². The normalized spacial score (nSPS) is 19.2. The third-order valence-electron chi connectivity index (χ3n) is 3.45. The summed E-state index contributed by atoms with van der Waals surface area (Å²) in [5.74, 6) is 1.67. The standard InChI is InChI=1S/C15H24N2O2/c1-3-19-15-12(6-4-8-14(15)18-2)10-17-13-7-5-9-16-11-13/h4,6,8,13,16-17H,3,5,7,9-11H2,1-2H3/t13-/m0/s1. The molecule has 0 spiro atoms. The van der Waals surface area contributed by atoms with Crippen LogP contribution in [0.3, 0.4) is 0 Å². The molecule has 1 aliphatic heterocycles. The summed E-state index contributed by atoms with van der Waals surface area (Å²) in [6.07, 6.45) is 2.48. The van der Waals surface area contributed by atoms with Gasteiger partial charge in [0.2, 0.25) is 0 Å². The Hall–Kier alpha value is -1.26. The van der Waals surface area contributed by atoms with Crippen LogP contribution in [0.5, 0.6) is 11.5 Å². The van der Waals surface area contributed by atoms with Crippen LogP contribution in [0.2, 0.25) is 0 Å². The van der Waals surface area contributed by atoms with E-state index in [2.05, 4.69) is 16.7 Å². The summed E-state index contributed by atoms with van der Waals surface area (Å²) in [5, 5.41) is 7.00. The Morgan fingerprint density at radius 3 is 3.00 bits per heavy atom. The Labute approximate surface area is 115 Å². The first-order valence-electron chi connectivity index (χ1n) is 7.08. The quantitative estimate of drug-likeness (QED) is 0.824. The zero-order chi connectivity index (χ0) is 13.5. The molecule has 2 N–H and O–H groups in total. The van der Waals surface area contributed by atoms with Crippen LogP contribution in [0, 0.1) is 0 Å². The first kappa shape index (κ1) is 14.2. The molecule has 0 unspecified atom stereocenters. The van der Waals surface area contributed by atoms with Crippen molar-refractivity contribution in [3.8, 4) is 11.5 Å². The lowest BCUT2D eigenvalue weighted by Gasteiger charge is -2.24. The third kappa shape index (κ3) is 3.85. The van der Waals surface area contributed by atoms with Gasteiger partial charge in [-0.15, -0.1) is 0 Å². The molecule has 2 rings (SSSR count). The summed E-state index contributed by atoms with van der Waals surface area (Å²) in [7, 11) is 1.68. The van der Waals surface area contributed by atoms with Crippen LogP contribution in [0.4, 0.5) is 0 Å². The van der Waals surface area contributed by atoms with Crippen molar-refractivity contribution in [2.24, 2.45) is 0 Å². The van der Waals surface area contributed by atoms with E-state index in [0.717, 1.165) is 36.7 Å². The highest BCUT2D eigenvalue weighted by atomic mass is 16.5. The molecule has 19 heavy (non-hydrogen) atoms. The van der Waals surface area contributed by atoms with Crippen molar-refractivity contribution in [2.75, 3.05) is 26.8 Å². The second-order valence-corrected chi connectivity index (χ2v) is 4.81. The summed E-state index contributed by atoms with van der Waals surface area (Å²) in [6.45, 7) is 5.65. The van der Waals surface area contributed by atoms with Gasteiger partial charge in [0.1, 0.15) is 0 Å². The number of rotatable bonds is 6. The van der Waals surface area contributed by atoms with E-state index in [4.69, 9.17) is 9.47 Å². The van der Waals surface area contributed by atoms with Crippen molar-refractivity contribution in [1.82, 2.24) is 10.6 Å². The molecule has 1 fully saturated rings. The highest BCUT2D eigenvalue weighted by Crippen LogP contribution is 2.31. The van der Waals surface area contributed by atoms with Crippen LogP contribution in [-0.4, -0.2) is 32.8 Å². The molecule has 1 heterocycles. The first-order valence-corrected chi connectivity index (χ1v) is 7.08. The van der Waals surface area contributed by atoms with Crippen molar-refractivity contribution in [1.29, 1.82) is 0 Å². The fourth-order valence-electron chi connectivity index (χ4n) is 2.45. The minimum Gasteiger partial charge on any atom is -0.493 e. The third-order valence-corrected chi connectivity index (χ3v) is 3.45. The maximum absolute atomic E-state index is 5.72. The van der Waals surface area contributed by atoms with Gasteiger partial charge in [-0.3, -0.25) is 0 Å². The second-order valence-electron chi connectivity index (χ2n) is 4.81. The highest BCUT2D eigenvalue weighted by Gasteiger charge is 2.14. The summed E-state index contributed by atoms with van der Waals surface area (Å²) in [4.78, 5) is 0. The predicted molar refractivity (Wildman–Crippen MR) is 76.9 cm³/mol. The van der Waals surface area contributed by atoms with E-state index in [-0.39, 0.29) is 0 Å². The molecule has 0 aliphatic carbocycles. The van der Waals surface area contributed by atoms with Crippen molar-refractivity contribution in [3.05, 3.63) is 23.8 Å². The molecule has 0 aromatic heterocycles. The van der Waals surface area contributed by atoms with Crippen molar-refractivity contribution in [3.63, 3.8) is 0 Å². The number of nitrogens with one attached hydrogen (secondary N) is 2. The second kappa shape index (κ2) is 7.36. The van der Waals surface area contributed by atoms with Crippen molar-refractivity contribution < 1.29 is 9.47 Å². The first-order chi connectivity index (χ1) is 9.35. The van der Waals surface area contributed by atoms with Crippen molar-refractivity contribution in [2.45, 2.75) is 32.4 Å². The van der Waals surface area contributed by atoms with Gasteiger partial charge in [0.05, 0.1) is 13.7 Å². The molecule has 1 aromatic rings. The van der Waals surface area contributed by atoms with Crippen LogP contribution >= 0.6 is 0 Å². The molecule has 1 atom stereocenters. The lowest BCUT2D eigenvalue weighted by Crippen LogP contribution is -2.42. The molecular weight excluding hydrogens is 240 g/mol. The van der Waals surface area contributed by atoms with E-state index >= 15 is 0 Å². The summed E-state index contributed by atoms with van der Waals surface area (Å²) in [6, 6.07) is 6.60. The van der Waals surface area contributed by atoms with Gasteiger partial charge in [-0.1, -0.05) is 12.1 Å². The SMILES string of the molecule is CCOc1c(CN[C@H]2CCCNC2)cccc1OC. The lowest BCUT2D eigenvalue weighted by molar-refractivity contribution is 0.305. The summed E-state index contributed by atoms with van der Waals surface area (Å²) >= 11 is 0. The van der Waals surface area contributed by atoms with E-state index in [9.17, 15) is 0 Å². The van der Waals surface area contributed by atoms with Crippen molar-refractivity contribution >= 4 is 0 Å². The maximum atomic E-state index is 5.72. The average Bonchev–Trinajstić information content (AvgIpc) is 2.47. The van der Waals surface area contributed by atoms with Gasteiger partial charge in [0.15, 0.2) is 11.5 Å². The van der Waals surface area contributed by atoms with Crippen LogP contribution in [-0.2, 0) is 6.54 Å². The number of ether oxygens (including phenoxy) is 2. The zero-order valence-corrected chi connectivity index (χ0v) is 11.9. The summed E-state index contributed by atoms with van der Waals surface area (Å²) < 4.78 is 11.1. The number of hydrogen-bond donors (Lipinski definition) is 2. The molecule has 1 aliphatic rings. The molecule has 0 bridgehead atoms. The summed E-state index contributed by atoms with van der Waals surface area (Å²) in [5.41, 5.74) is 1.16. The van der Waals surface area contributed by atoms with Gasteiger partial charge in [0, 0.05) is 24.7 Å². The Bertz CT molecular complexity index is 390. The molecular formula is C15H24N2O2. The van der Waals surface area contributed by atoms with Gasteiger partial charge in [-0.25, -0.2) is 0 Å². The van der Waals surface area contributed by atoms with E-state index < -0.39 is 0 Å². The molecule has 0 amide bonds. The van der Waals surface area contributed by atoms with Crippen LogP contribution < -0.4 is 20.1 Å². The largest absolute Gasteiger partial charge is 0.493 e. The Morgan fingerprint density at radius 2 is 2.32 bits per heavy atom. The van der Waals surface area contributed by atoms with Gasteiger partial charge in [-0.2, -0.15) is 0 Å². The van der Waals surface area contributed by atoms with E-state index in [1.807, 2.05) is 19.1 Å². The maximum Gasteiger partial charge on any atom is 0.165 e. The van der Waals surface area contributed by atoms with Crippen LogP contribution in [0.25, 0.3) is 0 Å². The number of methoxy groups -OCH3 is 1. The smallest absolute Gasteiger partial charge is 0.165 e. The van der Waals surface area contributed by atoms with E-state index in [0.29, 0.717) is 12.6 Å². The fourth-order valence-corrected chi connectivity index (χ4v) is 2.45. The minimum absolute atomic E-state index is 0.550. The van der Waals surface area contributed by atoms with E-state index in [1.165, 1.54) is 12.8 Å². The molecule has 0 saturated carbocycles. The number of piperidine rings is 1. The van der Waals surface area contributed by atoms with Crippen LogP contribution in [0.1, 0.15) is 25.3 Å².